The molecule has 1 amide bonds. The van der Waals surface area contributed by atoms with E-state index in [4.69, 9.17) is 4.74 Å². The van der Waals surface area contributed by atoms with E-state index in [0.29, 0.717) is 50.4 Å². The van der Waals surface area contributed by atoms with Crippen LogP contribution in [0.3, 0.4) is 0 Å². The number of amides is 1. The maximum Gasteiger partial charge on any atom is 0.268 e. The van der Waals surface area contributed by atoms with Crippen molar-refractivity contribution in [3.8, 4) is 5.69 Å². The topological polar surface area (TPSA) is 71.8 Å². The summed E-state index contributed by atoms with van der Waals surface area (Å²) in [7, 11) is 0. The Bertz CT molecular complexity index is 1000. The zero-order chi connectivity index (χ0) is 21.5. The molecule has 2 fully saturated rings. The maximum atomic E-state index is 13.3. The lowest BCUT2D eigenvalue weighted by Crippen LogP contribution is -2.48. The molecule has 1 spiro atoms. The van der Waals surface area contributed by atoms with E-state index in [1.165, 1.54) is 0 Å². The van der Waals surface area contributed by atoms with Gasteiger partial charge in [0.05, 0.1) is 18.3 Å². The molecule has 2 saturated heterocycles. The van der Waals surface area contributed by atoms with Crippen LogP contribution in [0.4, 0.5) is 0 Å². The third-order valence-electron chi connectivity index (χ3n) is 6.48. The van der Waals surface area contributed by atoms with Crippen molar-refractivity contribution in [2.24, 2.45) is 0 Å². The average molecular weight is 411 g/mol. The lowest BCUT2D eigenvalue weighted by atomic mass is 9.87. The molecule has 0 radical (unpaired) electrons. The van der Waals surface area contributed by atoms with Gasteiger partial charge >= 0.3 is 0 Å². The minimum Gasteiger partial charge on any atom is -0.391 e. The van der Waals surface area contributed by atoms with E-state index >= 15 is 0 Å². The van der Waals surface area contributed by atoms with E-state index in [2.05, 4.69) is 13.8 Å². The summed E-state index contributed by atoms with van der Waals surface area (Å²) in [6, 6.07) is 9.72. The van der Waals surface area contributed by atoms with E-state index in [-0.39, 0.29) is 22.6 Å². The quantitative estimate of drug-likeness (QED) is 0.844. The fourth-order valence-electron chi connectivity index (χ4n) is 4.57. The molecule has 6 heteroatoms. The molecular formula is C24H30N2O4. The van der Waals surface area contributed by atoms with Crippen LogP contribution < -0.4 is 5.56 Å². The summed E-state index contributed by atoms with van der Waals surface area (Å²) in [6.07, 6.45) is 3.32. The van der Waals surface area contributed by atoms with Crippen LogP contribution in [0.2, 0.25) is 0 Å². The molecular weight excluding hydrogens is 380 g/mol. The molecule has 1 aromatic heterocycles. The van der Waals surface area contributed by atoms with Crippen LogP contribution in [0.15, 0.2) is 41.3 Å². The fourth-order valence-corrected chi connectivity index (χ4v) is 4.57. The first kappa shape index (κ1) is 20.8. The fraction of sp³-hybridized carbons (Fsp3) is 0.500. The number of aryl methyl sites for hydroxylation is 1. The summed E-state index contributed by atoms with van der Waals surface area (Å²) < 4.78 is 7.39. The Hall–Kier alpha value is -2.44. The predicted molar refractivity (Wildman–Crippen MR) is 115 cm³/mol. The van der Waals surface area contributed by atoms with Gasteiger partial charge in [0.1, 0.15) is 5.56 Å². The van der Waals surface area contributed by atoms with Gasteiger partial charge in [-0.25, -0.2) is 0 Å². The summed E-state index contributed by atoms with van der Waals surface area (Å²) in [5, 5.41) is 9.82. The Kier molecular flexibility index (Phi) is 5.55. The van der Waals surface area contributed by atoms with E-state index in [9.17, 15) is 14.7 Å². The molecule has 3 heterocycles. The number of nitrogens with zero attached hydrogens (tertiary/aromatic N) is 2. The van der Waals surface area contributed by atoms with E-state index in [1.54, 1.807) is 15.7 Å². The number of benzene rings is 1. The second-order valence-electron chi connectivity index (χ2n) is 8.94. The zero-order valence-electron chi connectivity index (χ0n) is 17.9. The summed E-state index contributed by atoms with van der Waals surface area (Å²) in [5.41, 5.74) is 2.23. The summed E-state index contributed by atoms with van der Waals surface area (Å²) in [4.78, 5) is 28.3. The number of hydrogen-bond acceptors (Lipinski definition) is 4. The standard InChI is InChI=1S/C24H30N2O4/c1-16(2)18-5-4-6-19(13-18)26-10-7-17(3)21(23(26)29)22(28)25-11-8-24(9-12-25)14-20(27)15-30-24/h4-7,10,13,16,20,27H,8-9,11-12,14-15H2,1-3H3. The van der Waals surface area contributed by atoms with Gasteiger partial charge in [-0.2, -0.15) is 0 Å². The number of carbonyl (C=O) groups excluding carboxylic acids is 1. The molecule has 0 aliphatic carbocycles. The lowest BCUT2D eigenvalue weighted by Gasteiger charge is -2.38. The first-order valence-corrected chi connectivity index (χ1v) is 10.7. The van der Waals surface area contributed by atoms with Gasteiger partial charge in [0, 0.05) is 31.4 Å². The van der Waals surface area contributed by atoms with Crippen LogP contribution in [0.1, 0.15) is 60.5 Å². The monoisotopic (exact) mass is 410 g/mol. The van der Waals surface area contributed by atoms with Crippen molar-refractivity contribution in [3.05, 3.63) is 63.6 Å². The Morgan fingerprint density at radius 2 is 1.97 bits per heavy atom. The van der Waals surface area contributed by atoms with Gasteiger partial charge in [-0.1, -0.05) is 26.0 Å². The second-order valence-corrected chi connectivity index (χ2v) is 8.94. The molecule has 160 valence electrons. The Morgan fingerprint density at radius 1 is 1.23 bits per heavy atom. The highest BCUT2D eigenvalue weighted by Gasteiger charge is 2.43. The molecule has 1 aromatic carbocycles. The first-order chi connectivity index (χ1) is 14.3. The molecule has 2 aromatic rings. The Balaban J connectivity index is 1.60. The number of aliphatic hydroxyl groups excluding tert-OH is 1. The molecule has 1 atom stereocenters. The highest BCUT2D eigenvalue weighted by atomic mass is 16.5. The van der Waals surface area contributed by atoms with Crippen molar-refractivity contribution in [3.63, 3.8) is 0 Å². The van der Waals surface area contributed by atoms with Crippen molar-refractivity contribution in [1.82, 2.24) is 9.47 Å². The van der Waals surface area contributed by atoms with Crippen molar-refractivity contribution in [2.45, 2.75) is 57.7 Å². The number of rotatable bonds is 3. The minimum atomic E-state index is -0.419. The summed E-state index contributed by atoms with van der Waals surface area (Å²) in [6.45, 7) is 7.46. The lowest BCUT2D eigenvalue weighted by molar-refractivity contribution is -0.0398. The van der Waals surface area contributed by atoms with Crippen LogP contribution >= 0.6 is 0 Å². The highest BCUT2D eigenvalue weighted by molar-refractivity contribution is 5.95. The van der Waals surface area contributed by atoms with Crippen LogP contribution in [0.5, 0.6) is 0 Å². The maximum absolute atomic E-state index is 13.3. The molecule has 2 aliphatic rings. The molecule has 30 heavy (non-hydrogen) atoms. The van der Waals surface area contributed by atoms with Gasteiger partial charge in [-0.05, 0) is 55.0 Å². The van der Waals surface area contributed by atoms with E-state index < -0.39 is 6.10 Å². The van der Waals surface area contributed by atoms with Crippen molar-refractivity contribution < 1.29 is 14.6 Å². The summed E-state index contributed by atoms with van der Waals surface area (Å²) >= 11 is 0. The molecule has 2 aliphatic heterocycles. The normalized spacial score (nSPS) is 20.8. The third kappa shape index (κ3) is 3.82. The largest absolute Gasteiger partial charge is 0.391 e. The molecule has 1 unspecified atom stereocenters. The smallest absolute Gasteiger partial charge is 0.268 e. The van der Waals surface area contributed by atoms with E-state index in [1.807, 2.05) is 37.3 Å². The number of aliphatic hydroxyl groups is 1. The molecule has 1 N–H and O–H groups in total. The van der Waals surface area contributed by atoms with E-state index in [0.717, 1.165) is 11.3 Å². The molecule has 0 bridgehead atoms. The van der Waals surface area contributed by atoms with Crippen LogP contribution in [-0.4, -0.2) is 51.9 Å². The van der Waals surface area contributed by atoms with Gasteiger partial charge in [0.15, 0.2) is 0 Å². The van der Waals surface area contributed by atoms with Gasteiger partial charge in [0.2, 0.25) is 0 Å². The molecule has 4 rings (SSSR count). The molecule has 6 nitrogen and oxygen atoms in total. The average Bonchev–Trinajstić information content (AvgIpc) is 3.08. The van der Waals surface area contributed by atoms with Gasteiger partial charge in [0.25, 0.3) is 11.5 Å². The van der Waals surface area contributed by atoms with Crippen molar-refractivity contribution >= 4 is 5.91 Å². The van der Waals surface area contributed by atoms with Gasteiger partial charge in [-0.3, -0.25) is 14.2 Å². The molecule has 0 saturated carbocycles. The number of likely N-dealkylation sites (tertiary alicyclic amines) is 1. The SMILES string of the molecule is Cc1ccn(-c2cccc(C(C)C)c2)c(=O)c1C(=O)N1CCC2(CC1)CC(O)CO2. The number of aromatic nitrogens is 1. The zero-order valence-corrected chi connectivity index (χ0v) is 17.9. The second kappa shape index (κ2) is 8.00. The van der Waals surface area contributed by atoms with Crippen molar-refractivity contribution in [2.75, 3.05) is 19.7 Å². The summed E-state index contributed by atoms with van der Waals surface area (Å²) in [5.74, 6) is 0.129. The number of piperidine rings is 1. The Labute approximate surface area is 177 Å². The Morgan fingerprint density at radius 3 is 2.60 bits per heavy atom. The number of hydrogen-bond donors (Lipinski definition) is 1. The highest BCUT2D eigenvalue weighted by Crippen LogP contribution is 2.36. The third-order valence-corrected chi connectivity index (χ3v) is 6.48. The van der Waals surface area contributed by atoms with Crippen LogP contribution in [-0.2, 0) is 4.74 Å². The van der Waals surface area contributed by atoms with Crippen molar-refractivity contribution in [1.29, 1.82) is 0 Å². The van der Waals surface area contributed by atoms with Gasteiger partial charge in [-0.15, -0.1) is 0 Å². The number of carbonyl (C=O) groups is 1. The van der Waals surface area contributed by atoms with Gasteiger partial charge < -0.3 is 14.7 Å². The first-order valence-electron chi connectivity index (χ1n) is 10.7. The number of pyridine rings is 1. The van der Waals surface area contributed by atoms with Crippen LogP contribution in [0.25, 0.3) is 5.69 Å². The minimum absolute atomic E-state index is 0.222. The van der Waals surface area contributed by atoms with Crippen LogP contribution in [0, 0.1) is 6.92 Å². The number of ether oxygens (including phenoxy) is 1. The predicted octanol–water partition coefficient (Wildman–Crippen LogP) is 3.03.